The molecule has 1 N–H and O–H groups in total. The van der Waals surface area contributed by atoms with Gasteiger partial charge in [-0.25, -0.2) is 0 Å². The van der Waals surface area contributed by atoms with Crippen molar-refractivity contribution in [2.45, 2.75) is 0 Å². The molecule has 5 rings (SSSR count). The Hall–Kier alpha value is -4.23. The first-order chi connectivity index (χ1) is 16.8. The lowest BCUT2D eigenvalue weighted by Gasteiger charge is -2.27. The van der Waals surface area contributed by atoms with Gasteiger partial charge in [0.1, 0.15) is 11.5 Å². The first kappa shape index (κ1) is 21.6. The molecule has 2 heterocycles. The number of nitrogens with zero attached hydrogens (tertiary/aromatic N) is 3. The zero-order chi connectivity index (χ0) is 23.2. The van der Waals surface area contributed by atoms with Crippen LogP contribution in [0, 0.1) is 0 Å². The first-order valence-electron chi connectivity index (χ1n) is 11.2. The van der Waals surface area contributed by atoms with E-state index in [-0.39, 0.29) is 5.91 Å². The summed E-state index contributed by atoms with van der Waals surface area (Å²) in [5.41, 5.74) is 2.72. The molecule has 0 spiro atoms. The van der Waals surface area contributed by atoms with Crippen molar-refractivity contribution in [3.8, 4) is 22.8 Å². The van der Waals surface area contributed by atoms with Crippen molar-refractivity contribution >= 4 is 17.4 Å². The Labute approximate surface area is 198 Å². The van der Waals surface area contributed by atoms with Crippen molar-refractivity contribution in [2.75, 3.05) is 36.5 Å². The number of para-hydroxylation sites is 2. The molecular formula is C27H24N4O3. The molecule has 0 atom stereocenters. The van der Waals surface area contributed by atoms with Crippen LogP contribution >= 0.6 is 0 Å². The second-order valence-electron chi connectivity index (χ2n) is 7.82. The number of carbonyl (C=O) groups excluding carboxylic acids is 1. The highest BCUT2D eigenvalue weighted by Gasteiger charge is 2.15. The van der Waals surface area contributed by atoms with E-state index in [9.17, 15) is 4.79 Å². The molecule has 4 aromatic rings. The van der Waals surface area contributed by atoms with Crippen molar-refractivity contribution in [3.63, 3.8) is 0 Å². The second-order valence-corrected chi connectivity index (χ2v) is 7.82. The summed E-state index contributed by atoms with van der Waals surface area (Å²) in [5, 5.41) is 11.8. The molecule has 1 saturated heterocycles. The highest BCUT2D eigenvalue weighted by Crippen LogP contribution is 2.27. The van der Waals surface area contributed by atoms with Crippen LogP contribution in [-0.2, 0) is 4.74 Å². The largest absolute Gasteiger partial charge is 0.457 e. The number of hydrogen-bond donors (Lipinski definition) is 1. The normalized spacial score (nSPS) is 13.4. The Morgan fingerprint density at radius 3 is 2.44 bits per heavy atom. The van der Waals surface area contributed by atoms with Crippen molar-refractivity contribution < 1.29 is 14.3 Å². The third-order valence-corrected chi connectivity index (χ3v) is 5.50. The predicted octanol–water partition coefficient (Wildman–Crippen LogP) is 5.02. The molecule has 1 aliphatic rings. The first-order valence-corrected chi connectivity index (χ1v) is 11.2. The SMILES string of the molecule is O=C(Nc1cccc(-c2ccc(N3CCOCC3)nn2)c1)c1ccccc1Oc1ccccc1. The number of anilines is 2. The Kier molecular flexibility index (Phi) is 6.45. The molecule has 170 valence electrons. The van der Waals surface area contributed by atoms with Crippen LogP contribution in [0.15, 0.2) is 91.0 Å². The molecule has 0 bridgehead atoms. The zero-order valence-corrected chi connectivity index (χ0v) is 18.6. The van der Waals surface area contributed by atoms with Crippen molar-refractivity contribution in [1.29, 1.82) is 0 Å². The molecule has 0 aliphatic carbocycles. The monoisotopic (exact) mass is 452 g/mol. The molecule has 1 amide bonds. The van der Waals surface area contributed by atoms with Crippen LogP contribution < -0.4 is 15.0 Å². The second kappa shape index (κ2) is 10.1. The third-order valence-electron chi connectivity index (χ3n) is 5.50. The van der Waals surface area contributed by atoms with Gasteiger partial charge in [-0.3, -0.25) is 4.79 Å². The number of ether oxygens (including phenoxy) is 2. The Morgan fingerprint density at radius 2 is 1.65 bits per heavy atom. The summed E-state index contributed by atoms with van der Waals surface area (Å²) in [6.07, 6.45) is 0. The summed E-state index contributed by atoms with van der Waals surface area (Å²) in [7, 11) is 0. The fourth-order valence-corrected chi connectivity index (χ4v) is 3.75. The van der Waals surface area contributed by atoms with Gasteiger partial charge in [-0.2, -0.15) is 0 Å². The number of carbonyl (C=O) groups is 1. The van der Waals surface area contributed by atoms with Gasteiger partial charge in [0, 0.05) is 24.3 Å². The Morgan fingerprint density at radius 1 is 0.853 bits per heavy atom. The number of benzene rings is 3. The minimum Gasteiger partial charge on any atom is -0.457 e. The van der Waals surface area contributed by atoms with E-state index in [2.05, 4.69) is 20.4 Å². The Balaban J connectivity index is 1.31. The lowest BCUT2D eigenvalue weighted by Crippen LogP contribution is -2.36. The third kappa shape index (κ3) is 5.05. The quantitative estimate of drug-likeness (QED) is 0.442. The van der Waals surface area contributed by atoms with E-state index in [4.69, 9.17) is 9.47 Å². The molecule has 1 aliphatic heterocycles. The van der Waals surface area contributed by atoms with E-state index >= 15 is 0 Å². The average molecular weight is 453 g/mol. The zero-order valence-electron chi connectivity index (χ0n) is 18.6. The highest BCUT2D eigenvalue weighted by atomic mass is 16.5. The van der Waals surface area contributed by atoms with Crippen LogP contribution in [0.2, 0.25) is 0 Å². The van der Waals surface area contributed by atoms with Gasteiger partial charge in [0.05, 0.1) is 24.5 Å². The topological polar surface area (TPSA) is 76.6 Å². The van der Waals surface area contributed by atoms with Gasteiger partial charge >= 0.3 is 0 Å². The maximum absolute atomic E-state index is 13.1. The summed E-state index contributed by atoms with van der Waals surface area (Å²) in [6, 6.07) is 28.1. The molecule has 1 aromatic heterocycles. The molecule has 7 heteroatoms. The van der Waals surface area contributed by atoms with Gasteiger partial charge in [0.15, 0.2) is 5.82 Å². The maximum Gasteiger partial charge on any atom is 0.259 e. The van der Waals surface area contributed by atoms with Gasteiger partial charge in [-0.1, -0.05) is 42.5 Å². The summed E-state index contributed by atoms with van der Waals surface area (Å²) in [6.45, 7) is 3.02. The van der Waals surface area contributed by atoms with Crippen LogP contribution in [0.25, 0.3) is 11.3 Å². The van der Waals surface area contributed by atoms with Crippen LogP contribution in [0.3, 0.4) is 0 Å². The summed E-state index contributed by atoms with van der Waals surface area (Å²) < 4.78 is 11.3. The molecule has 1 fully saturated rings. The predicted molar refractivity (Wildman–Crippen MR) is 131 cm³/mol. The molecule has 0 unspecified atom stereocenters. The van der Waals surface area contributed by atoms with E-state index in [1.807, 2.05) is 78.9 Å². The lowest BCUT2D eigenvalue weighted by molar-refractivity contribution is 0.102. The van der Waals surface area contributed by atoms with Gasteiger partial charge in [-0.05, 0) is 48.5 Å². The van der Waals surface area contributed by atoms with Crippen molar-refractivity contribution in [2.24, 2.45) is 0 Å². The summed E-state index contributed by atoms with van der Waals surface area (Å²) in [4.78, 5) is 15.2. The molecule has 0 radical (unpaired) electrons. The number of rotatable bonds is 6. The van der Waals surface area contributed by atoms with Gasteiger partial charge in [-0.15, -0.1) is 10.2 Å². The highest BCUT2D eigenvalue weighted by molar-refractivity contribution is 6.06. The number of morpholine rings is 1. The van der Waals surface area contributed by atoms with Crippen molar-refractivity contribution in [1.82, 2.24) is 10.2 Å². The molecule has 7 nitrogen and oxygen atoms in total. The number of hydrogen-bond acceptors (Lipinski definition) is 6. The summed E-state index contributed by atoms with van der Waals surface area (Å²) >= 11 is 0. The number of nitrogens with one attached hydrogen (secondary N) is 1. The van der Waals surface area contributed by atoms with Gasteiger partial charge in [0.2, 0.25) is 0 Å². The molecular weight excluding hydrogens is 428 g/mol. The Bertz CT molecular complexity index is 1260. The van der Waals surface area contributed by atoms with Crippen LogP contribution in [-0.4, -0.2) is 42.4 Å². The smallest absolute Gasteiger partial charge is 0.259 e. The van der Waals surface area contributed by atoms with Crippen LogP contribution in [0.1, 0.15) is 10.4 Å². The number of aromatic nitrogens is 2. The average Bonchev–Trinajstić information content (AvgIpc) is 2.90. The van der Waals surface area contributed by atoms with E-state index in [0.29, 0.717) is 36.0 Å². The van der Waals surface area contributed by atoms with E-state index in [1.54, 1.807) is 12.1 Å². The van der Waals surface area contributed by atoms with E-state index in [0.717, 1.165) is 30.2 Å². The maximum atomic E-state index is 13.1. The van der Waals surface area contributed by atoms with Crippen LogP contribution in [0.4, 0.5) is 11.5 Å². The standard InChI is InChI=1S/C27H24N4O3/c32-27(23-11-4-5-12-25(23)34-22-9-2-1-3-10-22)28-21-8-6-7-20(19-21)24-13-14-26(30-29-24)31-15-17-33-18-16-31/h1-14,19H,15-18H2,(H,28,32). The lowest BCUT2D eigenvalue weighted by atomic mass is 10.1. The van der Waals surface area contributed by atoms with E-state index < -0.39 is 0 Å². The van der Waals surface area contributed by atoms with E-state index in [1.165, 1.54) is 0 Å². The van der Waals surface area contributed by atoms with Gasteiger partial charge < -0.3 is 19.7 Å². The minimum atomic E-state index is -0.252. The van der Waals surface area contributed by atoms with Crippen molar-refractivity contribution in [3.05, 3.63) is 96.6 Å². The fraction of sp³-hybridized carbons (Fsp3) is 0.148. The minimum absolute atomic E-state index is 0.252. The van der Waals surface area contributed by atoms with Gasteiger partial charge in [0.25, 0.3) is 5.91 Å². The van der Waals surface area contributed by atoms with Crippen LogP contribution in [0.5, 0.6) is 11.5 Å². The fourth-order valence-electron chi connectivity index (χ4n) is 3.75. The number of amides is 1. The summed E-state index contributed by atoms with van der Waals surface area (Å²) in [5.74, 6) is 1.75. The molecule has 0 saturated carbocycles. The molecule has 3 aromatic carbocycles. The molecule has 34 heavy (non-hydrogen) atoms.